The van der Waals surface area contributed by atoms with E-state index in [0.29, 0.717) is 6.54 Å². The van der Waals surface area contributed by atoms with Crippen LogP contribution >= 0.6 is 0 Å². The first kappa shape index (κ1) is 18.4. The average Bonchev–Trinajstić information content (AvgIpc) is 2.66. The molecule has 1 aromatic carbocycles. The quantitative estimate of drug-likeness (QED) is 0.690. The molecule has 0 bridgehead atoms. The Hall–Kier alpha value is -2.89. The molecule has 2 rings (SSSR count). The van der Waals surface area contributed by atoms with Gasteiger partial charge in [0.25, 0.3) is 0 Å². The van der Waals surface area contributed by atoms with Crippen LogP contribution in [0.25, 0.3) is 0 Å². The van der Waals surface area contributed by atoms with Gasteiger partial charge in [0.1, 0.15) is 0 Å². The Balaban J connectivity index is 1.93. The number of carbonyl (C=O) groups excluding carboxylic acids is 2. The standard InChI is InChI=1S/C19H24N4O2/c1-2-12-21-17(24)11-14-22-19(25)23-18(15-8-4-3-5-9-15)16-10-6-7-13-20-16/h3-10,13,18H,2,11-12,14H2,1H3,(H,21,24)(H2,22,23,25). The Morgan fingerprint density at radius 1 is 1.00 bits per heavy atom. The topological polar surface area (TPSA) is 83.1 Å². The van der Waals surface area contributed by atoms with Crippen LogP contribution in [-0.4, -0.2) is 30.0 Å². The number of rotatable bonds is 8. The van der Waals surface area contributed by atoms with Gasteiger partial charge in [0.05, 0.1) is 11.7 Å². The van der Waals surface area contributed by atoms with Crippen LogP contribution in [0.4, 0.5) is 4.79 Å². The zero-order chi connectivity index (χ0) is 17.9. The maximum atomic E-state index is 12.2. The molecule has 1 atom stereocenters. The van der Waals surface area contributed by atoms with E-state index in [1.807, 2.05) is 55.5 Å². The molecule has 3 N–H and O–H groups in total. The molecule has 0 saturated carbocycles. The van der Waals surface area contributed by atoms with E-state index < -0.39 is 0 Å². The lowest BCUT2D eigenvalue weighted by Crippen LogP contribution is -2.40. The lowest BCUT2D eigenvalue weighted by molar-refractivity contribution is -0.120. The van der Waals surface area contributed by atoms with Gasteiger partial charge >= 0.3 is 6.03 Å². The minimum absolute atomic E-state index is 0.0634. The molecular formula is C19H24N4O2. The second-order valence-electron chi connectivity index (χ2n) is 5.60. The number of nitrogens with one attached hydrogen (secondary N) is 3. The number of nitrogens with zero attached hydrogens (tertiary/aromatic N) is 1. The van der Waals surface area contributed by atoms with Gasteiger partial charge in [0.15, 0.2) is 0 Å². The molecular weight excluding hydrogens is 316 g/mol. The minimum Gasteiger partial charge on any atom is -0.356 e. The number of pyridine rings is 1. The predicted octanol–water partition coefficient (Wildman–Crippen LogP) is 2.39. The van der Waals surface area contributed by atoms with Crippen molar-refractivity contribution in [1.82, 2.24) is 20.9 Å². The normalized spacial score (nSPS) is 11.4. The van der Waals surface area contributed by atoms with Gasteiger partial charge in [-0.3, -0.25) is 9.78 Å². The summed E-state index contributed by atoms with van der Waals surface area (Å²) >= 11 is 0. The molecule has 1 aromatic heterocycles. The SMILES string of the molecule is CCCNC(=O)CCNC(=O)NC(c1ccccc1)c1ccccn1. The highest BCUT2D eigenvalue weighted by Gasteiger charge is 2.17. The molecule has 0 spiro atoms. The highest BCUT2D eigenvalue weighted by Crippen LogP contribution is 2.19. The summed E-state index contributed by atoms with van der Waals surface area (Å²) in [5.74, 6) is -0.0634. The second kappa shape index (κ2) is 10.1. The summed E-state index contributed by atoms with van der Waals surface area (Å²) in [7, 11) is 0. The Labute approximate surface area is 148 Å². The third-order valence-electron chi connectivity index (χ3n) is 3.60. The Bertz CT molecular complexity index is 622. The van der Waals surface area contributed by atoms with Crippen LogP contribution in [0.2, 0.25) is 0 Å². The first-order valence-electron chi connectivity index (χ1n) is 8.47. The van der Waals surface area contributed by atoms with E-state index in [1.54, 1.807) is 6.20 Å². The summed E-state index contributed by atoms with van der Waals surface area (Å²) < 4.78 is 0. The number of benzene rings is 1. The van der Waals surface area contributed by atoms with Crippen LogP contribution in [0.3, 0.4) is 0 Å². The van der Waals surface area contributed by atoms with E-state index in [9.17, 15) is 9.59 Å². The van der Waals surface area contributed by atoms with E-state index >= 15 is 0 Å². The molecule has 0 aliphatic rings. The Kier molecular flexibility index (Phi) is 7.43. The highest BCUT2D eigenvalue weighted by atomic mass is 16.2. The van der Waals surface area contributed by atoms with Crippen LogP contribution < -0.4 is 16.0 Å². The van der Waals surface area contributed by atoms with Crippen molar-refractivity contribution in [1.29, 1.82) is 0 Å². The summed E-state index contributed by atoms with van der Waals surface area (Å²) in [6.07, 6.45) is 2.85. The lowest BCUT2D eigenvalue weighted by atomic mass is 10.0. The van der Waals surface area contributed by atoms with Crippen molar-refractivity contribution >= 4 is 11.9 Å². The van der Waals surface area contributed by atoms with Crippen LogP contribution in [0, 0.1) is 0 Å². The van der Waals surface area contributed by atoms with Crippen molar-refractivity contribution in [2.45, 2.75) is 25.8 Å². The van der Waals surface area contributed by atoms with Crippen molar-refractivity contribution in [2.75, 3.05) is 13.1 Å². The van der Waals surface area contributed by atoms with Crippen molar-refractivity contribution < 1.29 is 9.59 Å². The third-order valence-corrected chi connectivity index (χ3v) is 3.60. The zero-order valence-corrected chi connectivity index (χ0v) is 14.4. The summed E-state index contributed by atoms with van der Waals surface area (Å²) in [6, 6.07) is 14.6. The average molecular weight is 340 g/mol. The molecule has 0 radical (unpaired) electrons. The van der Waals surface area contributed by atoms with Gasteiger partial charge in [-0.25, -0.2) is 4.79 Å². The molecule has 6 heteroatoms. The van der Waals surface area contributed by atoms with Crippen LogP contribution in [0.1, 0.15) is 37.1 Å². The van der Waals surface area contributed by atoms with Crippen LogP contribution in [0.15, 0.2) is 54.7 Å². The lowest BCUT2D eigenvalue weighted by Gasteiger charge is -2.19. The summed E-state index contributed by atoms with van der Waals surface area (Å²) in [6.45, 7) is 2.93. The molecule has 25 heavy (non-hydrogen) atoms. The van der Waals surface area contributed by atoms with E-state index in [0.717, 1.165) is 17.7 Å². The first-order valence-corrected chi connectivity index (χ1v) is 8.47. The number of urea groups is 1. The van der Waals surface area contributed by atoms with Gasteiger partial charge in [0, 0.05) is 25.7 Å². The molecule has 2 aromatic rings. The molecule has 0 fully saturated rings. The van der Waals surface area contributed by atoms with Crippen molar-refractivity contribution in [3.05, 3.63) is 66.0 Å². The van der Waals surface area contributed by atoms with Gasteiger partial charge in [-0.2, -0.15) is 0 Å². The fourth-order valence-electron chi connectivity index (χ4n) is 2.34. The summed E-state index contributed by atoms with van der Waals surface area (Å²) in [5, 5.41) is 8.42. The van der Waals surface area contributed by atoms with E-state index in [2.05, 4.69) is 20.9 Å². The molecule has 132 valence electrons. The minimum atomic E-state index is -0.351. The Morgan fingerprint density at radius 2 is 1.76 bits per heavy atom. The number of hydrogen-bond acceptors (Lipinski definition) is 3. The number of aromatic nitrogens is 1. The monoisotopic (exact) mass is 340 g/mol. The van der Waals surface area contributed by atoms with Crippen molar-refractivity contribution in [2.24, 2.45) is 0 Å². The fraction of sp³-hybridized carbons (Fsp3) is 0.316. The van der Waals surface area contributed by atoms with Gasteiger partial charge < -0.3 is 16.0 Å². The number of carbonyl (C=O) groups is 2. The zero-order valence-electron chi connectivity index (χ0n) is 14.4. The molecule has 0 aliphatic carbocycles. The van der Waals surface area contributed by atoms with Gasteiger partial charge in [-0.05, 0) is 24.1 Å². The molecule has 3 amide bonds. The van der Waals surface area contributed by atoms with Gasteiger partial charge in [-0.15, -0.1) is 0 Å². The Morgan fingerprint density at radius 3 is 2.44 bits per heavy atom. The smallest absolute Gasteiger partial charge is 0.315 e. The summed E-state index contributed by atoms with van der Waals surface area (Å²) in [5.41, 5.74) is 1.70. The van der Waals surface area contributed by atoms with Gasteiger partial charge in [-0.1, -0.05) is 43.3 Å². The van der Waals surface area contributed by atoms with Crippen LogP contribution in [-0.2, 0) is 4.79 Å². The third kappa shape index (κ3) is 6.25. The molecule has 0 aliphatic heterocycles. The van der Waals surface area contributed by atoms with Gasteiger partial charge in [0.2, 0.25) is 5.91 Å². The van der Waals surface area contributed by atoms with Crippen molar-refractivity contribution in [3.8, 4) is 0 Å². The number of hydrogen-bond donors (Lipinski definition) is 3. The summed E-state index contributed by atoms with van der Waals surface area (Å²) in [4.78, 5) is 28.1. The van der Waals surface area contributed by atoms with Crippen LogP contribution in [0.5, 0.6) is 0 Å². The van der Waals surface area contributed by atoms with E-state index in [-0.39, 0.29) is 30.9 Å². The highest BCUT2D eigenvalue weighted by molar-refractivity contribution is 5.78. The molecule has 6 nitrogen and oxygen atoms in total. The largest absolute Gasteiger partial charge is 0.356 e. The van der Waals surface area contributed by atoms with Crippen molar-refractivity contribution in [3.63, 3.8) is 0 Å². The van der Waals surface area contributed by atoms with E-state index in [4.69, 9.17) is 0 Å². The first-order chi connectivity index (χ1) is 12.2. The number of amides is 3. The van der Waals surface area contributed by atoms with E-state index in [1.165, 1.54) is 0 Å². The molecule has 1 heterocycles. The molecule has 1 unspecified atom stereocenters. The predicted molar refractivity (Wildman–Crippen MR) is 97.0 cm³/mol. The fourth-order valence-corrected chi connectivity index (χ4v) is 2.34. The second-order valence-corrected chi connectivity index (χ2v) is 5.60. The maximum Gasteiger partial charge on any atom is 0.315 e. The maximum absolute atomic E-state index is 12.2. The molecule has 0 saturated heterocycles.